The summed E-state index contributed by atoms with van der Waals surface area (Å²) in [4.78, 5) is 23.3. The van der Waals surface area contributed by atoms with E-state index in [9.17, 15) is 9.59 Å². The molecular formula is C15H18ClNO5. The first-order chi connectivity index (χ1) is 10.4. The summed E-state index contributed by atoms with van der Waals surface area (Å²) in [5, 5.41) is 11.9. The van der Waals surface area contributed by atoms with Crippen LogP contribution < -0.4 is 14.8 Å². The molecule has 6 nitrogen and oxygen atoms in total. The van der Waals surface area contributed by atoms with Crippen molar-refractivity contribution < 1.29 is 24.2 Å². The van der Waals surface area contributed by atoms with Crippen LogP contribution in [0, 0.1) is 0 Å². The number of nitrogens with one attached hydrogen (secondary N) is 1. The Morgan fingerprint density at radius 3 is 2.59 bits per heavy atom. The number of hydrogen-bond donors (Lipinski definition) is 2. The smallest absolute Gasteiger partial charge is 0.329 e. The van der Waals surface area contributed by atoms with Crippen LogP contribution in [0.25, 0.3) is 0 Å². The average Bonchev–Trinajstić information content (AvgIpc) is 3.26. The Morgan fingerprint density at radius 1 is 1.41 bits per heavy atom. The molecule has 0 heterocycles. The standard InChI is InChI=1S/C15H18ClNO5/c1-3-6-22-12-10(16)7-9(8-11(12)21-2)13(18)17-15(4-5-15)14(19)20/h7-8H,3-6H2,1-2H3,(H,17,18)(H,19,20). The molecule has 1 aliphatic rings. The van der Waals surface area contributed by atoms with Gasteiger partial charge >= 0.3 is 5.97 Å². The highest BCUT2D eigenvalue weighted by Gasteiger charge is 2.51. The summed E-state index contributed by atoms with van der Waals surface area (Å²) in [6.45, 7) is 2.44. The minimum Gasteiger partial charge on any atom is -0.493 e. The van der Waals surface area contributed by atoms with Gasteiger partial charge < -0.3 is 19.9 Å². The summed E-state index contributed by atoms with van der Waals surface area (Å²) in [6, 6.07) is 2.94. The highest BCUT2D eigenvalue weighted by atomic mass is 35.5. The van der Waals surface area contributed by atoms with E-state index >= 15 is 0 Å². The van der Waals surface area contributed by atoms with Gasteiger partial charge in [0.15, 0.2) is 11.5 Å². The van der Waals surface area contributed by atoms with E-state index in [1.165, 1.54) is 19.2 Å². The molecule has 0 saturated heterocycles. The second kappa shape index (κ2) is 6.44. The van der Waals surface area contributed by atoms with E-state index in [4.69, 9.17) is 26.2 Å². The van der Waals surface area contributed by atoms with Gasteiger partial charge in [0.2, 0.25) is 0 Å². The number of rotatable bonds is 7. The molecule has 1 aromatic rings. The lowest BCUT2D eigenvalue weighted by Gasteiger charge is -2.15. The summed E-state index contributed by atoms with van der Waals surface area (Å²) in [7, 11) is 1.45. The van der Waals surface area contributed by atoms with Gasteiger partial charge in [-0.2, -0.15) is 0 Å². The molecule has 0 radical (unpaired) electrons. The Hall–Kier alpha value is -1.95. The van der Waals surface area contributed by atoms with Crippen molar-refractivity contribution in [2.75, 3.05) is 13.7 Å². The number of amides is 1. The molecule has 0 bridgehead atoms. The number of carbonyl (C=O) groups excluding carboxylic acids is 1. The number of carbonyl (C=O) groups is 2. The molecule has 1 fully saturated rings. The molecule has 0 aliphatic heterocycles. The Balaban J connectivity index is 2.23. The third-order valence-electron chi connectivity index (χ3n) is 3.45. The lowest BCUT2D eigenvalue weighted by atomic mass is 10.1. The zero-order valence-electron chi connectivity index (χ0n) is 12.4. The number of halogens is 1. The molecule has 0 spiro atoms. The van der Waals surface area contributed by atoms with Crippen molar-refractivity contribution in [3.05, 3.63) is 22.7 Å². The van der Waals surface area contributed by atoms with Crippen LogP contribution in [-0.4, -0.2) is 36.2 Å². The van der Waals surface area contributed by atoms with Crippen molar-refractivity contribution in [1.29, 1.82) is 0 Å². The Labute approximate surface area is 133 Å². The van der Waals surface area contributed by atoms with Crippen LogP contribution in [0.5, 0.6) is 11.5 Å². The van der Waals surface area contributed by atoms with E-state index in [2.05, 4.69) is 5.32 Å². The number of hydrogen-bond acceptors (Lipinski definition) is 4. The van der Waals surface area contributed by atoms with Crippen molar-refractivity contribution in [2.24, 2.45) is 0 Å². The fourth-order valence-corrected chi connectivity index (χ4v) is 2.27. The van der Waals surface area contributed by atoms with Crippen LogP contribution in [0.4, 0.5) is 0 Å². The van der Waals surface area contributed by atoms with Crippen LogP contribution in [0.15, 0.2) is 12.1 Å². The van der Waals surface area contributed by atoms with Gasteiger partial charge in [-0.05, 0) is 31.4 Å². The normalized spacial score (nSPS) is 15.0. The summed E-state index contributed by atoms with van der Waals surface area (Å²) >= 11 is 6.14. The first-order valence-electron chi connectivity index (χ1n) is 6.99. The summed E-state index contributed by atoms with van der Waals surface area (Å²) in [5.41, 5.74) is -0.910. The largest absolute Gasteiger partial charge is 0.493 e. The maximum Gasteiger partial charge on any atom is 0.329 e. The van der Waals surface area contributed by atoms with E-state index in [0.717, 1.165) is 6.42 Å². The quantitative estimate of drug-likeness (QED) is 0.803. The first-order valence-corrected chi connectivity index (χ1v) is 7.37. The SMILES string of the molecule is CCCOc1c(Cl)cc(C(=O)NC2(C(=O)O)CC2)cc1OC. The molecular weight excluding hydrogens is 310 g/mol. The Kier molecular flexibility index (Phi) is 4.81. The minimum atomic E-state index is -1.14. The molecule has 22 heavy (non-hydrogen) atoms. The highest BCUT2D eigenvalue weighted by molar-refractivity contribution is 6.32. The molecule has 0 atom stereocenters. The van der Waals surface area contributed by atoms with E-state index < -0.39 is 17.4 Å². The second-order valence-corrected chi connectivity index (χ2v) is 5.59. The van der Waals surface area contributed by atoms with E-state index in [0.29, 0.717) is 30.9 Å². The van der Waals surface area contributed by atoms with Crippen LogP contribution in [0.3, 0.4) is 0 Å². The lowest BCUT2D eigenvalue weighted by Crippen LogP contribution is -2.43. The minimum absolute atomic E-state index is 0.234. The molecule has 1 aliphatic carbocycles. The van der Waals surface area contributed by atoms with Gasteiger partial charge in [0.05, 0.1) is 18.7 Å². The zero-order chi connectivity index (χ0) is 16.3. The molecule has 7 heteroatoms. The van der Waals surface area contributed by atoms with Crippen molar-refractivity contribution in [3.8, 4) is 11.5 Å². The molecule has 120 valence electrons. The number of aliphatic carboxylic acids is 1. The van der Waals surface area contributed by atoms with Crippen LogP contribution in [0.2, 0.25) is 5.02 Å². The third kappa shape index (κ3) is 3.27. The van der Waals surface area contributed by atoms with Gasteiger partial charge in [-0.3, -0.25) is 4.79 Å². The maximum atomic E-state index is 12.2. The monoisotopic (exact) mass is 327 g/mol. The van der Waals surface area contributed by atoms with Crippen molar-refractivity contribution in [2.45, 2.75) is 31.7 Å². The van der Waals surface area contributed by atoms with Gasteiger partial charge in [0.25, 0.3) is 5.91 Å². The predicted octanol–water partition coefficient (Wildman–Crippen LogP) is 2.48. The fraction of sp³-hybridized carbons (Fsp3) is 0.467. The maximum absolute atomic E-state index is 12.2. The number of ether oxygens (including phenoxy) is 2. The number of benzene rings is 1. The topological polar surface area (TPSA) is 84.9 Å². The number of carboxylic acid groups (broad SMARTS) is 1. The predicted molar refractivity (Wildman–Crippen MR) is 80.9 cm³/mol. The third-order valence-corrected chi connectivity index (χ3v) is 3.74. The van der Waals surface area contributed by atoms with E-state index in [1.807, 2.05) is 6.92 Å². The second-order valence-electron chi connectivity index (χ2n) is 5.18. The fourth-order valence-electron chi connectivity index (χ4n) is 2.00. The van der Waals surface area contributed by atoms with Crippen molar-refractivity contribution >= 4 is 23.5 Å². The van der Waals surface area contributed by atoms with Gasteiger partial charge in [0.1, 0.15) is 5.54 Å². The number of carboxylic acids is 1. The van der Waals surface area contributed by atoms with Crippen LogP contribution >= 0.6 is 11.6 Å². The Morgan fingerprint density at radius 2 is 2.09 bits per heavy atom. The van der Waals surface area contributed by atoms with E-state index in [-0.39, 0.29) is 10.6 Å². The van der Waals surface area contributed by atoms with Crippen molar-refractivity contribution in [3.63, 3.8) is 0 Å². The zero-order valence-corrected chi connectivity index (χ0v) is 13.2. The van der Waals surface area contributed by atoms with Gasteiger partial charge in [-0.1, -0.05) is 18.5 Å². The summed E-state index contributed by atoms with van der Waals surface area (Å²) in [6.07, 6.45) is 1.66. The van der Waals surface area contributed by atoms with Gasteiger partial charge in [-0.15, -0.1) is 0 Å². The number of methoxy groups -OCH3 is 1. The molecule has 1 saturated carbocycles. The summed E-state index contributed by atoms with van der Waals surface area (Å²) < 4.78 is 10.7. The molecule has 0 unspecified atom stereocenters. The molecule has 2 rings (SSSR count). The average molecular weight is 328 g/mol. The van der Waals surface area contributed by atoms with Crippen LogP contribution in [0.1, 0.15) is 36.5 Å². The van der Waals surface area contributed by atoms with Crippen LogP contribution in [-0.2, 0) is 4.79 Å². The van der Waals surface area contributed by atoms with Crippen molar-refractivity contribution in [1.82, 2.24) is 5.32 Å². The molecule has 1 amide bonds. The van der Waals surface area contributed by atoms with E-state index in [1.54, 1.807) is 0 Å². The first kappa shape index (κ1) is 16.4. The molecule has 0 aromatic heterocycles. The Bertz CT molecular complexity index is 598. The van der Waals surface area contributed by atoms with Gasteiger partial charge in [0, 0.05) is 5.56 Å². The lowest BCUT2D eigenvalue weighted by molar-refractivity contribution is -0.140. The molecule has 1 aromatic carbocycles. The summed E-state index contributed by atoms with van der Waals surface area (Å²) in [5.74, 6) is -0.808. The van der Waals surface area contributed by atoms with Gasteiger partial charge in [-0.25, -0.2) is 4.79 Å². The molecule has 2 N–H and O–H groups in total. The highest BCUT2D eigenvalue weighted by Crippen LogP contribution is 2.38.